The number of hydrogen-bond acceptors (Lipinski definition) is 9. The largest absolute Gasteiger partial charge is 0.506 e. The standard InChI is InChI=1S/C19H17N5O4S/c1-10-17(12(3)28-23-10)24-29-14-6-4-13(5-7-14)22-19(26)15(8-20)18(25)16-9-21-27-11(16)2/h4-7,9,24-25H,1-3H3,(H,22,26)/b18-15-. The maximum absolute atomic E-state index is 12.4. The summed E-state index contributed by atoms with van der Waals surface area (Å²) in [5.74, 6) is -0.229. The maximum atomic E-state index is 12.4. The Morgan fingerprint density at radius 2 is 1.90 bits per heavy atom. The summed E-state index contributed by atoms with van der Waals surface area (Å²) < 4.78 is 13.1. The first-order valence-electron chi connectivity index (χ1n) is 8.42. The minimum Gasteiger partial charge on any atom is -0.506 e. The Morgan fingerprint density at radius 3 is 2.45 bits per heavy atom. The van der Waals surface area contributed by atoms with Crippen LogP contribution in [0.2, 0.25) is 0 Å². The predicted molar refractivity (Wildman–Crippen MR) is 107 cm³/mol. The molecule has 148 valence electrons. The number of aliphatic hydroxyl groups is 1. The van der Waals surface area contributed by atoms with Crippen molar-refractivity contribution < 1.29 is 18.9 Å². The van der Waals surface area contributed by atoms with Crippen LogP contribution in [0.3, 0.4) is 0 Å². The van der Waals surface area contributed by atoms with Crippen LogP contribution in [0.4, 0.5) is 11.4 Å². The Balaban J connectivity index is 1.68. The zero-order valence-corrected chi connectivity index (χ0v) is 16.6. The molecule has 3 N–H and O–H groups in total. The zero-order chi connectivity index (χ0) is 21.0. The number of aryl methyl sites for hydroxylation is 3. The lowest BCUT2D eigenvalue weighted by Gasteiger charge is -2.08. The zero-order valence-electron chi connectivity index (χ0n) is 15.8. The molecule has 3 rings (SSSR count). The number of aliphatic hydroxyl groups excluding tert-OH is 1. The molecular weight excluding hydrogens is 394 g/mol. The molecule has 0 unspecified atom stereocenters. The summed E-state index contributed by atoms with van der Waals surface area (Å²) in [4.78, 5) is 13.3. The third kappa shape index (κ3) is 4.41. The van der Waals surface area contributed by atoms with Gasteiger partial charge in [-0.2, -0.15) is 5.26 Å². The number of benzene rings is 1. The molecule has 0 aliphatic heterocycles. The molecule has 10 heteroatoms. The van der Waals surface area contributed by atoms with Crippen molar-refractivity contribution in [1.29, 1.82) is 5.26 Å². The van der Waals surface area contributed by atoms with Gasteiger partial charge in [-0.15, -0.1) is 0 Å². The van der Waals surface area contributed by atoms with Crippen LogP contribution < -0.4 is 10.0 Å². The lowest BCUT2D eigenvalue weighted by atomic mass is 10.1. The number of anilines is 2. The number of carbonyl (C=O) groups excluding carboxylic acids is 1. The number of aromatic nitrogens is 2. The van der Waals surface area contributed by atoms with E-state index in [0.29, 0.717) is 17.2 Å². The monoisotopic (exact) mass is 411 g/mol. The number of nitrogens with one attached hydrogen (secondary N) is 2. The Morgan fingerprint density at radius 1 is 1.17 bits per heavy atom. The van der Waals surface area contributed by atoms with E-state index in [2.05, 4.69) is 20.4 Å². The van der Waals surface area contributed by atoms with Crippen LogP contribution in [0.15, 0.2) is 50.0 Å². The minimum atomic E-state index is -0.736. The van der Waals surface area contributed by atoms with E-state index in [1.807, 2.05) is 13.8 Å². The van der Waals surface area contributed by atoms with Gasteiger partial charge in [0.15, 0.2) is 17.1 Å². The summed E-state index contributed by atoms with van der Waals surface area (Å²) in [6.07, 6.45) is 1.24. The summed E-state index contributed by atoms with van der Waals surface area (Å²) in [6.45, 7) is 5.23. The van der Waals surface area contributed by atoms with Gasteiger partial charge in [0, 0.05) is 10.6 Å². The van der Waals surface area contributed by atoms with Crippen LogP contribution >= 0.6 is 11.9 Å². The molecule has 0 saturated heterocycles. The molecule has 0 atom stereocenters. The van der Waals surface area contributed by atoms with E-state index < -0.39 is 17.2 Å². The second-order valence-corrected chi connectivity index (χ2v) is 6.89. The molecule has 1 amide bonds. The SMILES string of the molecule is Cc1noc(C)c1NSc1ccc(NC(=O)/C(C#N)=C(\O)c2cnoc2C)cc1. The average molecular weight is 411 g/mol. The second kappa shape index (κ2) is 8.53. The van der Waals surface area contributed by atoms with Gasteiger partial charge in [0.05, 0.1) is 11.8 Å². The smallest absolute Gasteiger partial charge is 0.270 e. The van der Waals surface area contributed by atoms with E-state index in [0.717, 1.165) is 16.3 Å². The third-order valence-corrected chi connectivity index (χ3v) is 4.81. The van der Waals surface area contributed by atoms with Crippen LogP contribution in [0.1, 0.15) is 22.8 Å². The molecule has 2 heterocycles. The number of amides is 1. The van der Waals surface area contributed by atoms with E-state index in [-0.39, 0.29) is 5.56 Å². The van der Waals surface area contributed by atoms with Gasteiger partial charge in [-0.25, -0.2) is 0 Å². The summed E-state index contributed by atoms with van der Waals surface area (Å²) in [5, 5.41) is 29.5. The van der Waals surface area contributed by atoms with Gasteiger partial charge in [0.2, 0.25) is 0 Å². The highest BCUT2D eigenvalue weighted by Gasteiger charge is 2.20. The minimum absolute atomic E-state index is 0.189. The molecule has 0 spiro atoms. The summed E-state index contributed by atoms with van der Waals surface area (Å²) in [5.41, 5.74) is 1.80. The lowest BCUT2D eigenvalue weighted by Crippen LogP contribution is -2.15. The quantitative estimate of drug-likeness (QED) is 0.236. The van der Waals surface area contributed by atoms with E-state index in [4.69, 9.17) is 9.05 Å². The molecule has 0 fully saturated rings. The van der Waals surface area contributed by atoms with Crippen molar-refractivity contribution in [2.45, 2.75) is 25.7 Å². The molecule has 0 bridgehead atoms. The van der Waals surface area contributed by atoms with E-state index >= 15 is 0 Å². The molecule has 1 aromatic carbocycles. The first kappa shape index (κ1) is 20.0. The number of rotatable bonds is 6. The lowest BCUT2D eigenvalue weighted by molar-refractivity contribution is -0.112. The van der Waals surface area contributed by atoms with Gasteiger partial charge in [-0.1, -0.05) is 10.3 Å². The molecule has 0 saturated carbocycles. The van der Waals surface area contributed by atoms with Crippen LogP contribution in [0.25, 0.3) is 5.76 Å². The first-order valence-corrected chi connectivity index (χ1v) is 9.24. The topological polar surface area (TPSA) is 137 Å². The number of hydrogen-bond donors (Lipinski definition) is 3. The number of carbonyl (C=O) groups is 1. The summed E-state index contributed by atoms with van der Waals surface area (Å²) in [6, 6.07) is 8.68. The molecule has 0 aliphatic rings. The van der Waals surface area contributed by atoms with Crippen LogP contribution in [0.5, 0.6) is 0 Å². The fourth-order valence-corrected chi connectivity index (χ4v) is 3.19. The highest BCUT2D eigenvalue weighted by molar-refractivity contribution is 8.00. The molecule has 29 heavy (non-hydrogen) atoms. The van der Waals surface area contributed by atoms with Gasteiger partial charge >= 0.3 is 0 Å². The highest BCUT2D eigenvalue weighted by atomic mass is 32.2. The molecule has 2 aromatic heterocycles. The second-order valence-electron chi connectivity index (χ2n) is 6.01. The van der Waals surface area contributed by atoms with Crippen molar-refractivity contribution in [1.82, 2.24) is 10.3 Å². The van der Waals surface area contributed by atoms with Gasteiger partial charge in [-0.3, -0.25) is 4.79 Å². The van der Waals surface area contributed by atoms with Gasteiger partial charge < -0.3 is 24.2 Å². The molecule has 9 nitrogen and oxygen atoms in total. The van der Waals surface area contributed by atoms with Crippen LogP contribution in [0, 0.1) is 32.1 Å². The van der Waals surface area contributed by atoms with Crippen molar-refractivity contribution >= 4 is 35.0 Å². The average Bonchev–Trinajstić information content (AvgIpc) is 3.27. The maximum Gasteiger partial charge on any atom is 0.270 e. The first-order chi connectivity index (χ1) is 13.9. The van der Waals surface area contributed by atoms with Crippen LogP contribution in [-0.4, -0.2) is 21.3 Å². The number of nitrogens with zero attached hydrogens (tertiary/aromatic N) is 3. The van der Waals surface area contributed by atoms with E-state index in [9.17, 15) is 15.2 Å². The Bertz CT molecular complexity index is 1090. The van der Waals surface area contributed by atoms with Crippen LogP contribution in [-0.2, 0) is 4.79 Å². The van der Waals surface area contributed by atoms with Crippen molar-refractivity contribution in [2.75, 3.05) is 10.0 Å². The Labute approximate surface area is 170 Å². The fraction of sp³-hybridized carbons (Fsp3) is 0.158. The van der Waals surface area contributed by atoms with Gasteiger partial charge in [0.25, 0.3) is 5.91 Å². The summed E-state index contributed by atoms with van der Waals surface area (Å²) in [7, 11) is 0. The number of nitriles is 1. The van der Waals surface area contributed by atoms with Crippen molar-refractivity contribution in [3.8, 4) is 6.07 Å². The predicted octanol–water partition coefficient (Wildman–Crippen LogP) is 4.14. The van der Waals surface area contributed by atoms with Gasteiger partial charge in [0.1, 0.15) is 23.2 Å². The molecule has 0 aliphatic carbocycles. The summed E-state index contributed by atoms with van der Waals surface area (Å²) >= 11 is 1.37. The third-order valence-electron chi connectivity index (χ3n) is 4.00. The van der Waals surface area contributed by atoms with Crippen molar-refractivity contribution in [3.05, 3.63) is 58.8 Å². The van der Waals surface area contributed by atoms with Crippen molar-refractivity contribution in [2.24, 2.45) is 0 Å². The normalized spacial score (nSPS) is 11.5. The van der Waals surface area contributed by atoms with E-state index in [1.165, 1.54) is 18.1 Å². The highest BCUT2D eigenvalue weighted by Crippen LogP contribution is 2.27. The Kier molecular flexibility index (Phi) is 5.90. The molecule has 0 radical (unpaired) electrons. The van der Waals surface area contributed by atoms with E-state index in [1.54, 1.807) is 37.3 Å². The Hall–Kier alpha value is -3.71. The van der Waals surface area contributed by atoms with Crippen molar-refractivity contribution in [3.63, 3.8) is 0 Å². The fourth-order valence-electron chi connectivity index (χ4n) is 2.41. The van der Waals surface area contributed by atoms with Gasteiger partial charge in [-0.05, 0) is 57.0 Å². The molecular formula is C19H17N5O4S. The molecule has 3 aromatic rings.